The summed E-state index contributed by atoms with van der Waals surface area (Å²) in [7, 11) is 0. The van der Waals surface area contributed by atoms with E-state index in [1.54, 1.807) is 0 Å². The average molecular weight is 236 g/mol. The monoisotopic (exact) mass is 236 g/mol. The summed E-state index contributed by atoms with van der Waals surface area (Å²) in [5.41, 5.74) is 1.16. The van der Waals surface area contributed by atoms with Crippen LogP contribution in [-0.4, -0.2) is 5.78 Å². The first kappa shape index (κ1) is 14.5. The van der Waals surface area contributed by atoms with Crippen molar-refractivity contribution in [2.75, 3.05) is 0 Å². The van der Waals surface area contributed by atoms with E-state index in [0.717, 1.165) is 31.3 Å². The number of ketones is 1. The first-order valence-corrected chi connectivity index (χ1v) is 7.46. The van der Waals surface area contributed by atoms with Crippen molar-refractivity contribution in [3.8, 4) is 0 Å². The third-order valence-electron chi connectivity index (χ3n) is 4.00. The van der Waals surface area contributed by atoms with Crippen molar-refractivity contribution in [1.29, 1.82) is 0 Å². The minimum atomic E-state index is 0.166. The molecule has 0 bridgehead atoms. The zero-order chi connectivity index (χ0) is 12.5. The summed E-state index contributed by atoms with van der Waals surface area (Å²) in [6.07, 6.45) is 13.0. The number of allylic oxidation sites excluding steroid dienone is 1. The summed E-state index contributed by atoms with van der Waals surface area (Å²) >= 11 is 0. The van der Waals surface area contributed by atoms with Crippen LogP contribution in [0.2, 0.25) is 0 Å². The Labute approximate surface area is 107 Å². The van der Waals surface area contributed by atoms with Gasteiger partial charge in [0.2, 0.25) is 0 Å². The lowest BCUT2D eigenvalue weighted by atomic mass is 9.86. The maximum absolute atomic E-state index is 12.2. The smallest absolute Gasteiger partial charge is 0.139 e. The molecule has 1 atom stereocenters. The number of hydrogen-bond donors (Lipinski definition) is 0. The Morgan fingerprint density at radius 2 is 1.59 bits per heavy atom. The fraction of sp³-hybridized carbons (Fsp3) is 0.812. The Morgan fingerprint density at radius 1 is 1.06 bits per heavy atom. The largest absolute Gasteiger partial charge is 0.299 e. The third kappa shape index (κ3) is 5.52. The van der Waals surface area contributed by atoms with Gasteiger partial charge in [0.05, 0.1) is 0 Å². The normalized spacial score (nSPS) is 24.8. The second kappa shape index (κ2) is 8.49. The van der Waals surface area contributed by atoms with Gasteiger partial charge in [-0.1, -0.05) is 64.0 Å². The van der Waals surface area contributed by atoms with E-state index < -0.39 is 0 Å². The zero-order valence-electron chi connectivity index (χ0n) is 11.5. The van der Waals surface area contributed by atoms with Crippen molar-refractivity contribution in [3.05, 3.63) is 12.2 Å². The van der Waals surface area contributed by atoms with E-state index in [1.807, 2.05) is 0 Å². The van der Waals surface area contributed by atoms with E-state index in [2.05, 4.69) is 13.5 Å². The summed E-state index contributed by atoms with van der Waals surface area (Å²) < 4.78 is 0. The molecule has 1 aliphatic rings. The van der Waals surface area contributed by atoms with Crippen LogP contribution in [0.4, 0.5) is 0 Å². The molecular weight excluding hydrogens is 208 g/mol. The average Bonchev–Trinajstić information content (AvgIpc) is 2.33. The van der Waals surface area contributed by atoms with Gasteiger partial charge in [-0.2, -0.15) is 0 Å². The molecule has 1 aliphatic carbocycles. The maximum Gasteiger partial charge on any atom is 0.139 e. The van der Waals surface area contributed by atoms with Crippen LogP contribution in [0, 0.1) is 5.92 Å². The predicted octanol–water partition coefficient (Wildman–Crippen LogP) is 5.05. The molecule has 1 heteroatoms. The van der Waals surface area contributed by atoms with Crippen LogP contribution in [-0.2, 0) is 4.79 Å². The molecule has 98 valence electrons. The van der Waals surface area contributed by atoms with E-state index in [0.29, 0.717) is 5.78 Å². The molecule has 0 aliphatic heterocycles. The Kier molecular flexibility index (Phi) is 7.23. The Bertz CT molecular complexity index is 242. The van der Waals surface area contributed by atoms with Crippen LogP contribution < -0.4 is 0 Å². The van der Waals surface area contributed by atoms with E-state index in [4.69, 9.17) is 0 Å². The molecule has 0 saturated heterocycles. The molecule has 0 N–H and O–H groups in total. The van der Waals surface area contributed by atoms with Gasteiger partial charge >= 0.3 is 0 Å². The summed E-state index contributed by atoms with van der Waals surface area (Å²) in [6, 6.07) is 0. The van der Waals surface area contributed by atoms with Crippen LogP contribution in [0.5, 0.6) is 0 Å². The molecule has 0 aromatic rings. The maximum atomic E-state index is 12.2. The van der Waals surface area contributed by atoms with Gasteiger partial charge in [0, 0.05) is 12.3 Å². The molecular formula is C16H28O. The summed E-state index contributed by atoms with van der Waals surface area (Å²) in [4.78, 5) is 12.2. The lowest BCUT2D eigenvalue weighted by molar-refractivity contribution is -0.122. The SMILES string of the molecule is C=C(CC)C1CCCCCCCCCCC1=O. The van der Waals surface area contributed by atoms with Crippen molar-refractivity contribution < 1.29 is 4.79 Å². The molecule has 17 heavy (non-hydrogen) atoms. The van der Waals surface area contributed by atoms with E-state index >= 15 is 0 Å². The molecule has 0 spiro atoms. The first-order chi connectivity index (χ1) is 8.25. The van der Waals surface area contributed by atoms with Crippen molar-refractivity contribution in [3.63, 3.8) is 0 Å². The van der Waals surface area contributed by atoms with Crippen molar-refractivity contribution in [2.24, 2.45) is 5.92 Å². The second-order valence-electron chi connectivity index (χ2n) is 5.40. The quantitative estimate of drug-likeness (QED) is 0.613. The lowest BCUT2D eigenvalue weighted by Gasteiger charge is -2.18. The molecule has 1 nitrogen and oxygen atoms in total. The Hall–Kier alpha value is -0.590. The molecule has 0 aromatic carbocycles. The van der Waals surface area contributed by atoms with Gasteiger partial charge in [-0.3, -0.25) is 4.79 Å². The Balaban J connectivity index is 2.51. The fourth-order valence-electron chi connectivity index (χ4n) is 2.72. The van der Waals surface area contributed by atoms with Crippen LogP contribution in [0.15, 0.2) is 12.2 Å². The van der Waals surface area contributed by atoms with Crippen molar-refractivity contribution >= 4 is 5.78 Å². The van der Waals surface area contributed by atoms with Crippen LogP contribution >= 0.6 is 0 Å². The third-order valence-corrected chi connectivity index (χ3v) is 4.00. The first-order valence-electron chi connectivity index (χ1n) is 7.46. The topological polar surface area (TPSA) is 17.1 Å². The fourth-order valence-corrected chi connectivity index (χ4v) is 2.72. The second-order valence-corrected chi connectivity index (χ2v) is 5.40. The summed E-state index contributed by atoms with van der Waals surface area (Å²) in [5.74, 6) is 0.622. The highest BCUT2D eigenvalue weighted by Gasteiger charge is 2.19. The predicted molar refractivity (Wildman–Crippen MR) is 74.1 cm³/mol. The molecule has 1 rings (SSSR count). The van der Waals surface area contributed by atoms with Gasteiger partial charge in [0.15, 0.2) is 0 Å². The van der Waals surface area contributed by atoms with Crippen molar-refractivity contribution in [2.45, 2.75) is 77.6 Å². The number of hydrogen-bond acceptors (Lipinski definition) is 1. The molecule has 0 amide bonds. The zero-order valence-corrected chi connectivity index (χ0v) is 11.5. The molecule has 1 saturated carbocycles. The standard InChI is InChI=1S/C16H28O/c1-3-14(2)15-12-10-8-6-4-5-7-9-11-13-16(15)17/h15H,2-13H2,1H3. The molecule has 0 heterocycles. The van der Waals surface area contributed by atoms with Crippen LogP contribution in [0.25, 0.3) is 0 Å². The van der Waals surface area contributed by atoms with Gasteiger partial charge < -0.3 is 0 Å². The molecule has 0 aromatic heterocycles. The molecule has 1 unspecified atom stereocenters. The van der Waals surface area contributed by atoms with Crippen LogP contribution in [0.1, 0.15) is 77.6 Å². The highest BCUT2D eigenvalue weighted by molar-refractivity contribution is 5.83. The highest BCUT2D eigenvalue weighted by Crippen LogP contribution is 2.24. The minimum Gasteiger partial charge on any atom is -0.299 e. The molecule has 1 fully saturated rings. The minimum absolute atomic E-state index is 0.166. The van der Waals surface area contributed by atoms with Crippen LogP contribution in [0.3, 0.4) is 0 Å². The number of carbonyl (C=O) groups excluding carboxylic acids is 1. The molecule has 0 radical (unpaired) electrons. The Morgan fingerprint density at radius 3 is 2.18 bits per heavy atom. The van der Waals surface area contributed by atoms with Gasteiger partial charge in [-0.05, 0) is 19.3 Å². The summed E-state index contributed by atoms with van der Waals surface area (Å²) in [6.45, 7) is 6.21. The van der Waals surface area contributed by atoms with Gasteiger partial charge in [-0.15, -0.1) is 0 Å². The van der Waals surface area contributed by atoms with E-state index in [1.165, 1.54) is 44.9 Å². The van der Waals surface area contributed by atoms with E-state index in [9.17, 15) is 4.79 Å². The number of Topliss-reactive ketones (excluding diaryl/α,β-unsaturated/α-hetero) is 1. The van der Waals surface area contributed by atoms with Gasteiger partial charge in [0.1, 0.15) is 5.78 Å². The highest BCUT2D eigenvalue weighted by atomic mass is 16.1. The van der Waals surface area contributed by atoms with Gasteiger partial charge in [-0.25, -0.2) is 0 Å². The van der Waals surface area contributed by atoms with Crippen molar-refractivity contribution in [1.82, 2.24) is 0 Å². The van der Waals surface area contributed by atoms with E-state index in [-0.39, 0.29) is 5.92 Å². The summed E-state index contributed by atoms with van der Waals surface area (Å²) in [5, 5.41) is 0. The number of rotatable bonds is 2. The van der Waals surface area contributed by atoms with Gasteiger partial charge in [0.25, 0.3) is 0 Å². The lowest BCUT2D eigenvalue weighted by Crippen LogP contribution is -2.16. The number of carbonyl (C=O) groups is 1.